The van der Waals surface area contributed by atoms with Crippen molar-refractivity contribution in [1.82, 2.24) is 4.98 Å². The van der Waals surface area contributed by atoms with Gasteiger partial charge in [0, 0.05) is 22.2 Å². The first-order valence-corrected chi connectivity index (χ1v) is 11.5. The number of carbonyl (C=O) groups excluding carboxylic acids is 1. The highest BCUT2D eigenvalue weighted by Gasteiger charge is 2.28. The molecule has 0 N–H and O–H groups in total. The van der Waals surface area contributed by atoms with Crippen molar-refractivity contribution in [1.29, 1.82) is 0 Å². The summed E-state index contributed by atoms with van der Waals surface area (Å²) in [7, 11) is -4.21. The minimum Gasteiger partial charge on any atom is -0.494 e. The van der Waals surface area contributed by atoms with Crippen molar-refractivity contribution in [2.75, 3.05) is 6.61 Å². The number of fused-ring (bicyclic) bond motifs is 1. The summed E-state index contributed by atoms with van der Waals surface area (Å²) in [6, 6.07) is 15.4. The summed E-state index contributed by atoms with van der Waals surface area (Å²) < 4.78 is 46.0. The highest BCUT2D eigenvalue weighted by Crippen LogP contribution is 2.33. The highest BCUT2D eigenvalue weighted by molar-refractivity contribution is 7.91. The molecule has 0 saturated carbocycles. The maximum absolute atomic E-state index is 13.6. The standard InChI is InChI=1S/C24H17ClFNO4S/c1-2-31-18-8-3-15(4-9-18)23(28)21-14-27-22-12-5-16(25)13-20(22)24(21)32(29,30)19-10-6-17(26)7-11-19/h3-14H,2H2,1H3. The van der Waals surface area contributed by atoms with Gasteiger partial charge in [-0.15, -0.1) is 0 Å². The first-order chi connectivity index (χ1) is 15.3. The largest absolute Gasteiger partial charge is 0.494 e. The molecule has 1 aromatic heterocycles. The molecule has 0 radical (unpaired) electrons. The first-order valence-electron chi connectivity index (χ1n) is 9.67. The molecule has 0 amide bonds. The van der Waals surface area contributed by atoms with Crippen molar-refractivity contribution < 1.29 is 22.3 Å². The first kappa shape index (κ1) is 21.9. The molecule has 0 fully saturated rings. The minimum absolute atomic E-state index is 0.103. The summed E-state index contributed by atoms with van der Waals surface area (Å²) in [4.78, 5) is 17.3. The van der Waals surface area contributed by atoms with Crippen molar-refractivity contribution >= 4 is 38.1 Å². The fraction of sp³-hybridized carbons (Fsp3) is 0.0833. The Kier molecular flexibility index (Phi) is 5.95. The summed E-state index contributed by atoms with van der Waals surface area (Å²) in [5.41, 5.74) is 0.527. The Labute approximate surface area is 189 Å². The van der Waals surface area contributed by atoms with Crippen molar-refractivity contribution in [3.8, 4) is 5.75 Å². The molecule has 0 aliphatic carbocycles. The smallest absolute Gasteiger partial charge is 0.208 e. The number of aromatic nitrogens is 1. The van der Waals surface area contributed by atoms with E-state index in [2.05, 4.69) is 4.98 Å². The Bertz CT molecular complexity index is 1420. The fourth-order valence-electron chi connectivity index (χ4n) is 3.35. The van der Waals surface area contributed by atoms with E-state index >= 15 is 0 Å². The Morgan fingerprint density at radius 3 is 2.38 bits per heavy atom. The zero-order chi connectivity index (χ0) is 22.9. The molecule has 4 aromatic rings. The van der Waals surface area contributed by atoms with Crippen molar-refractivity contribution in [3.63, 3.8) is 0 Å². The zero-order valence-electron chi connectivity index (χ0n) is 16.9. The van der Waals surface area contributed by atoms with Crippen LogP contribution in [-0.2, 0) is 9.84 Å². The summed E-state index contributed by atoms with van der Waals surface area (Å²) in [5, 5.41) is 0.499. The topological polar surface area (TPSA) is 73.3 Å². The number of carbonyl (C=O) groups is 1. The Morgan fingerprint density at radius 2 is 1.72 bits per heavy atom. The maximum Gasteiger partial charge on any atom is 0.208 e. The van der Waals surface area contributed by atoms with Crippen molar-refractivity contribution in [3.05, 3.63) is 94.9 Å². The summed E-state index contributed by atoms with van der Waals surface area (Å²) >= 11 is 6.13. The third-order valence-corrected chi connectivity index (χ3v) is 6.95. The quantitative estimate of drug-likeness (QED) is 0.276. The minimum atomic E-state index is -4.21. The third-order valence-electron chi connectivity index (χ3n) is 4.85. The molecule has 0 bridgehead atoms. The lowest BCUT2D eigenvalue weighted by molar-refractivity contribution is 0.103. The Balaban J connectivity index is 1.95. The molecule has 3 aromatic carbocycles. The third kappa shape index (κ3) is 4.09. The van der Waals surface area contributed by atoms with Gasteiger partial charge in [-0.3, -0.25) is 9.78 Å². The molecule has 5 nitrogen and oxygen atoms in total. The lowest BCUT2D eigenvalue weighted by Crippen LogP contribution is -2.13. The van der Waals surface area contributed by atoms with Gasteiger partial charge in [0.25, 0.3) is 0 Å². The van der Waals surface area contributed by atoms with E-state index in [4.69, 9.17) is 16.3 Å². The van der Waals surface area contributed by atoms with Gasteiger partial charge in [-0.1, -0.05) is 11.6 Å². The number of hydrogen-bond acceptors (Lipinski definition) is 5. The van der Waals surface area contributed by atoms with Crippen molar-refractivity contribution in [2.24, 2.45) is 0 Å². The van der Waals surface area contributed by atoms with E-state index in [1.807, 2.05) is 6.92 Å². The van der Waals surface area contributed by atoms with Crippen LogP contribution in [0.3, 0.4) is 0 Å². The molecule has 162 valence electrons. The molecule has 1 heterocycles. The second-order valence-corrected chi connectivity index (χ2v) is 9.23. The normalized spacial score (nSPS) is 11.5. The predicted octanol–water partition coefficient (Wildman–Crippen LogP) is 5.49. The average Bonchev–Trinajstić information content (AvgIpc) is 2.78. The molecule has 32 heavy (non-hydrogen) atoms. The van der Waals surface area contributed by atoms with Crippen LogP contribution in [0.1, 0.15) is 22.8 Å². The molecule has 0 spiro atoms. The monoisotopic (exact) mass is 469 g/mol. The fourth-order valence-corrected chi connectivity index (χ4v) is 5.14. The zero-order valence-corrected chi connectivity index (χ0v) is 18.5. The predicted molar refractivity (Wildman–Crippen MR) is 120 cm³/mol. The number of rotatable bonds is 6. The SMILES string of the molecule is CCOc1ccc(C(=O)c2cnc3ccc(Cl)cc3c2S(=O)(=O)c2ccc(F)cc2)cc1. The Morgan fingerprint density at radius 1 is 1.03 bits per heavy atom. The maximum atomic E-state index is 13.6. The Hall–Kier alpha value is -3.29. The number of nitrogens with zero attached hydrogens (tertiary/aromatic N) is 1. The van der Waals surface area contributed by atoms with E-state index in [9.17, 15) is 17.6 Å². The summed E-state index contributed by atoms with van der Waals surface area (Å²) in [6.45, 7) is 2.32. The van der Waals surface area contributed by atoms with Crippen LogP contribution in [0.2, 0.25) is 5.02 Å². The van der Waals surface area contributed by atoms with Gasteiger partial charge < -0.3 is 4.74 Å². The highest BCUT2D eigenvalue weighted by atomic mass is 35.5. The lowest BCUT2D eigenvalue weighted by atomic mass is 10.0. The number of hydrogen-bond donors (Lipinski definition) is 0. The summed E-state index contributed by atoms with van der Waals surface area (Å²) in [6.07, 6.45) is 1.24. The van der Waals surface area contributed by atoms with Crippen LogP contribution >= 0.6 is 11.6 Å². The second kappa shape index (κ2) is 8.68. The number of halogens is 2. The van der Waals surface area contributed by atoms with E-state index in [1.165, 1.54) is 12.3 Å². The van der Waals surface area contributed by atoms with Crippen LogP contribution in [0, 0.1) is 5.82 Å². The molecule has 4 rings (SSSR count). The van der Waals surface area contributed by atoms with E-state index in [1.54, 1.807) is 36.4 Å². The van der Waals surface area contributed by atoms with E-state index in [0.717, 1.165) is 24.3 Å². The van der Waals surface area contributed by atoms with E-state index < -0.39 is 21.4 Å². The number of ketones is 1. The van der Waals surface area contributed by atoms with Crippen LogP contribution in [0.25, 0.3) is 10.9 Å². The number of benzene rings is 3. The van der Waals surface area contributed by atoms with Gasteiger partial charge >= 0.3 is 0 Å². The molecule has 8 heteroatoms. The van der Waals surface area contributed by atoms with Gasteiger partial charge in [0.1, 0.15) is 11.6 Å². The van der Waals surface area contributed by atoms with Gasteiger partial charge in [0.05, 0.1) is 27.5 Å². The number of pyridine rings is 1. The molecule has 0 aliphatic rings. The van der Waals surface area contributed by atoms with Crippen LogP contribution < -0.4 is 4.74 Å². The molecular formula is C24H17ClFNO4S. The molecule has 0 unspecified atom stereocenters. The van der Waals surface area contributed by atoms with Gasteiger partial charge in [-0.2, -0.15) is 0 Å². The van der Waals surface area contributed by atoms with Gasteiger partial charge in [-0.05, 0) is 73.7 Å². The average molecular weight is 470 g/mol. The van der Waals surface area contributed by atoms with Crippen molar-refractivity contribution in [2.45, 2.75) is 16.7 Å². The van der Waals surface area contributed by atoms with Gasteiger partial charge in [-0.25, -0.2) is 12.8 Å². The van der Waals surface area contributed by atoms with Crippen LogP contribution in [0.15, 0.2) is 82.7 Å². The second-order valence-electron chi connectivity index (χ2n) is 6.91. The van der Waals surface area contributed by atoms with E-state index in [-0.39, 0.29) is 26.3 Å². The van der Waals surface area contributed by atoms with E-state index in [0.29, 0.717) is 22.9 Å². The summed E-state index contributed by atoms with van der Waals surface area (Å²) in [5.74, 6) is -0.507. The molecule has 0 saturated heterocycles. The lowest BCUT2D eigenvalue weighted by Gasteiger charge is -2.14. The van der Waals surface area contributed by atoms with Crippen LogP contribution in [0.5, 0.6) is 5.75 Å². The van der Waals surface area contributed by atoms with Crippen LogP contribution in [0.4, 0.5) is 4.39 Å². The molecular weight excluding hydrogens is 453 g/mol. The number of ether oxygens (including phenoxy) is 1. The van der Waals surface area contributed by atoms with Gasteiger partial charge in [0.2, 0.25) is 9.84 Å². The number of sulfone groups is 1. The molecule has 0 atom stereocenters. The molecule has 0 aliphatic heterocycles. The van der Waals surface area contributed by atoms with Crippen LogP contribution in [-0.4, -0.2) is 25.8 Å². The van der Waals surface area contributed by atoms with Gasteiger partial charge in [0.15, 0.2) is 5.78 Å².